The summed E-state index contributed by atoms with van der Waals surface area (Å²) in [6.07, 6.45) is 1.98. The van der Waals surface area contributed by atoms with Crippen molar-refractivity contribution in [3.05, 3.63) is 83.6 Å². The summed E-state index contributed by atoms with van der Waals surface area (Å²) in [6, 6.07) is 21.9. The van der Waals surface area contributed by atoms with Crippen LogP contribution in [0.1, 0.15) is 50.3 Å². The molecule has 0 N–H and O–H groups in total. The molecule has 6 rings (SSSR count). The molecule has 0 saturated heterocycles. The average Bonchev–Trinajstić information content (AvgIpc) is 3.27. The van der Waals surface area contributed by atoms with Crippen LogP contribution < -0.4 is 0 Å². The monoisotopic (exact) mass is 420 g/mol. The number of hydrogen-bond acceptors (Lipinski definition) is 3. The molecule has 1 aliphatic rings. The van der Waals surface area contributed by atoms with Crippen molar-refractivity contribution >= 4 is 32.3 Å². The van der Waals surface area contributed by atoms with Gasteiger partial charge in [-0.25, -0.2) is 9.97 Å². The third-order valence-electron chi connectivity index (χ3n) is 6.67. The Bertz CT molecular complexity index is 1490. The van der Waals surface area contributed by atoms with E-state index >= 15 is 0 Å². The summed E-state index contributed by atoms with van der Waals surface area (Å²) < 4.78 is 1.36. The summed E-state index contributed by atoms with van der Waals surface area (Å²) in [5, 5.41) is 2.47. The van der Waals surface area contributed by atoms with Gasteiger partial charge in [0, 0.05) is 32.1 Å². The lowest BCUT2D eigenvalue weighted by Gasteiger charge is -2.24. The molecule has 2 aromatic heterocycles. The first-order chi connectivity index (χ1) is 14.9. The number of fused-ring (bicyclic) bond motifs is 6. The molecule has 31 heavy (non-hydrogen) atoms. The number of rotatable bonds is 2. The predicted molar refractivity (Wildman–Crippen MR) is 132 cm³/mol. The van der Waals surface area contributed by atoms with Gasteiger partial charge in [0.2, 0.25) is 0 Å². The lowest BCUT2D eigenvalue weighted by atomic mass is 9.79. The van der Waals surface area contributed by atoms with E-state index in [9.17, 15) is 0 Å². The Morgan fingerprint density at radius 2 is 1.68 bits per heavy atom. The van der Waals surface area contributed by atoms with E-state index in [0.29, 0.717) is 5.92 Å². The van der Waals surface area contributed by atoms with Crippen LogP contribution in [-0.2, 0) is 5.41 Å². The maximum Gasteiger partial charge on any atom is 0.160 e. The first-order valence-corrected chi connectivity index (χ1v) is 11.7. The SMILES string of the molecule is CC(C)c1ccc2nc(-c3cccc4c3C(C)(C)c3c-4sc4ccccc34)ncc2c1. The van der Waals surface area contributed by atoms with Gasteiger partial charge in [0.25, 0.3) is 0 Å². The zero-order chi connectivity index (χ0) is 21.3. The molecule has 3 heteroatoms. The number of aromatic nitrogens is 2. The van der Waals surface area contributed by atoms with Crippen molar-refractivity contribution in [1.82, 2.24) is 9.97 Å². The van der Waals surface area contributed by atoms with Gasteiger partial charge < -0.3 is 0 Å². The van der Waals surface area contributed by atoms with Gasteiger partial charge in [0.05, 0.1) is 5.52 Å². The van der Waals surface area contributed by atoms with Crippen LogP contribution in [0.5, 0.6) is 0 Å². The molecule has 0 bridgehead atoms. The highest BCUT2D eigenvalue weighted by Gasteiger charge is 2.40. The summed E-state index contributed by atoms with van der Waals surface area (Å²) in [5.41, 5.74) is 7.49. The minimum absolute atomic E-state index is 0.0965. The van der Waals surface area contributed by atoms with Crippen LogP contribution in [0.25, 0.3) is 42.8 Å². The lowest BCUT2D eigenvalue weighted by molar-refractivity contribution is 0.668. The van der Waals surface area contributed by atoms with Crippen LogP contribution in [0.2, 0.25) is 0 Å². The third kappa shape index (κ3) is 2.63. The van der Waals surface area contributed by atoms with Crippen molar-refractivity contribution in [2.45, 2.75) is 39.0 Å². The van der Waals surface area contributed by atoms with Crippen molar-refractivity contribution in [3.63, 3.8) is 0 Å². The Morgan fingerprint density at radius 3 is 2.52 bits per heavy atom. The molecule has 3 aromatic carbocycles. The maximum atomic E-state index is 4.99. The standard InChI is InChI=1S/C28H24N2S/c1-16(2)17-12-13-22-18(14-17)15-29-27(30-22)21-10-7-9-20-24(21)28(3,4)25-19-8-5-6-11-23(19)31-26(20)25/h5-16H,1-4H3. The second-order valence-electron chi connectivity index (χ2n) is 9.32. The fraction of sp³-hybridized carbons (Fsp3) is 0.214. The fourth-order valence-electron chi connectivity index (χ4n) is 5.12. The first-order valence-electron chi connectivity index (χ1n) is 10.9. The number of hydrogen-bond donors (Lipinski definition) is 0. The molecule has 0 atom stereocenters. The topological polar surface area (TPSA) is 25.8 Å². The molecule has 5 aromatic rings. The van der Waals surface area contributed by atoms with Crippen molar-refractivity contribution in [2.24, 2.45) is 0 Å². The van der Waals surface area contributed by atoms with Gasteiger partial charge in [-0.2, -0.15) is 0 Å². The van der Waals surface area contributed by atoms with Crippen LogP contribution in [0.3, 0.4) is 0 Å². The number of thiophene rings is 1. The van der Waals surface area contributed by atoms with E-state index in [-0.39, 0.29) is 5.41 Å². The lowest BCUT2D eigenvalue weighted by Crippen LogP contribution is -2.16. The second kappa shape index (κ2) is 6.48. The molecule has 0 aliphatic heterocycles. The summed E-state index contributed by atoms with van der Waals surface area (Å²) in [7, 11) is 0. The molecule has 0 saturated carbocycles. The molecule has 2 heterocycles. The maximum absolute atomic E-state index is 4.99. The Labute approximate surface area is 186 Å². The fourth-order valence-corrected chi connectivity index (χ4v) is 6.52. The van der Waals surface area contributed by atoms with E-state index in [0.717, 1.165) is 22.3 Å². The molecular formula is C28H24N2S. The Balaban J connectivity index is 1.57. The van der Waals surface area contributed by atoms with Gasteiger partial charge in [-0.15, -0.1) is 11.3 Å². The van der Waals surface area contributed by atoms with Crippen molar-refractivity contribution in [1.29, 1.82) is 0 Å². The molecule has 0 spiro atoms. The summed E-state index contributed by atoms with van der Waals surface area (Å²) in [6.45, 7) is 9.12. The van der Waals surface area contributed by atoms with Gasteiger partial charge in [0.15, 0.2) is 5.82 Å². The van der Waals surface area contributed by atoms with Gasteiger partial charge in [0.1, 0.15) is 0 Å². The highest BCUT2D eigenvalue weighted by molar-refractivity contribution is 7.22. The quantitative estimate of drug-likeness (QED) is 0.290. The van der Waals surface area contributed by atoms with Gasteiger partial charge in [-0.3, -0.25) is 0 Å². The van der Waals surface area contributed by atoms with Gasteiger partial charge >= 0.3 is 0 Å². The van der Waals surface area contributed by atoms with Crippen LogP contribution >= 0.6 is 11.3 Å². The zero-order valence-electron chi connectivity index (χ0n) is 18.2. The molecule has 0 amide bonds. The first kappa shape index (κ1) is 18.7. The van der Waals surface area contributed by atoms with E-state index in [4.69, 9.17) is 9.97 Å². The summed E-state index contributed by atoms with van der Waals surface area (Å²) >= 11 is 1.90. The van der Waals surface area contributed by atoms with E-state index in [1.165, 1.54) is 37.2 Å². The highest BCUT2D eigenvalue weighted by atomic mass is 32.1. The summed E-state index contributed by atoms with van der Waals surface area (Å²) in [4.78, 5) is 11.2. The van der Waals surface area contributed by atoms with Crippen LogP contribution in [0.15, 0.2) is 66.9 Å². The third-order valence-corrected chi connectivity index (χ3v) is 7.87. The molecule has 152 valence electrons. The van der Waals surface area contributed by atoms with Crippen molar-refractivity contribution in [3.8, 4) is 21.8 Å². The zero-order valence-corrected chi connectivity index (χ0v) is 19.0. The van der Waals surface area contributed by atoms with E-state index in [1.54, 1.807) is 0 Å². The minimum Gasteiger partial charge on any atom is -0.236 e. The number of benzene rings is 3. The van der Waals surface area contributed by atoms with Gasteiger partial charge in [-0.1, -0.05) is 70.2 Å². The largest absolute Gasteiger partial charge is 0.236 e. The van der Waals surface area contributed by atoms with E-state index in [1.807, 2.05) is 17.5 Å². The van der Waals surface area contributed by atoms with Gasteiger partial charge in [-0.05, 0) is 51.8 Å². The Kier molecular flexibility index (Phi) is 3.91. The molecular weight excluding hydrogens is 396 g/mol. The Hall–Kier alpha value is -3.04. The molecule has 0 unspecified atom stereocenters. The molecule has 0 radical (unpaired) electrons. The van der Waals surface area contributed by atoms with Crippen LogP contribution in [0, 0.1) is 0 Å². The van der Waals surface area contributed by atoms with Crippen molar-refractivity contribution < 1.29 is 0 Å². The molecule has 2 nitrogen and oxygen atoms in total. The normalized spacial score (nSPS) is 14.4. The second-order valence-corrected chi connectivity index (χ2v) is 10.4. The number of nitrogens with zero attached hydrogens (tertiary/aromatic N) is 2. The molecule has 1 aliphatic carbocycles. The average molecular weight is 421 g/mol. The van der Waals surface area contributed by atoms with Crippen LogP contribution in [-0.4, -0.2) is 9.97 Å². The predicted octanol–water partition coefficient (Wildman–Crippen LogP) is 7.94. The minimum atomic E-state index is -0.0965. The van der Waals surface area contributed by atoms with E-state index in [2.05, 4.69) is 88.4 Å². The van der Waals surface area contributed by atoms with Crippen LogP contribution in [0.4, 0.5) is 0 Å². The van der Waals surface area contributed by atoms with E-state index < -0.39 is 0 Å². The van der Waals surface area contributed by atoms with Crippen molar-refractivity contribution in [2.75, 3.05) is 0 Å². The highest BCUT2D eigenvalue weighted by Crippen LogP contribution is 2.57. The smallest absolute Gasteiger partial charge is 0.160 e. The summed E-state index contributed by atoms with van der Waals surface area (Å²) in [5.74, 6) is 1.31. The Morgan fingerprint density at radius 1 is 0.871 bits per heavy atom. The molecule has 0 fully saturated rings.